The molecule has 0 aromatic heterocycles. The maximum Gasteiger partial charge on any atom is 0.335 e. The molecule has 3 aromatic rings. The van der Waals surface area contributed by atoms with Gasteiger partial charge in [-0.05, 0) is 88.6 Å². The molecule has 1 aliphatic rings. The molecule has 4 rings (SSSR count). The minimum Gasteiger partial charge on any atom is -0.508 e. The average Bonchev–Trinajstić information content (AvgIpc) is 2.87. The highest BCUT2D eigenvalue weighted by Gasteiger charge is 2.36. The second-order valence-corrected chi connectivity index (χ2v) is 8.88. The van der Waals surface area contributed by atoms with Gasteiger partial charge < -0.3 is 19.7 Å². The SMILES string of the molecule is CCOc1cc(/C=C2\C(=O)NC(=O)N(c3ccc(O)cc3)C2=O)cc(Br)c1OCc1ccc(C(=O)O)cc1. The molecule has 0 saturated carbocycles. The van der Waals surface area contributed by atoms with Gasteiger partial charge in [0.15, 0.2) is 11.5 Å². The van der Waals surface area contributed by atoms with Crippen molar-refractivity contribution in [2.24, 2.45) is 0 Å². The number of aromatic hydroxyl groups is 1. The number of nitrogens with zero attached hydrogens (tertiary/aromatic N) is 1. The van der Waals surface area contributed by atoms with Crippen molar-refractivity contribution in [3.63, 3.8) is 0 Å². The minimum atomic E-state index is -1.02. The normalized spacial score (nSPS) is 14.4. The van der Waals surface area contributed by atoms with Crippen molar-refractivity contribution in [2.45, 2.75) is 13.5 Å². The summed E-state index contributed by atoms with van der Waals surface area (Å²) in [6.07, 6.45) is 1.33. The Kier molecular flexibility index (Phi) is 7.77. The van der Waals surface area contributed by atoms with Crippen molar-refractivity contribution < 1.29 is 38.9 Å². The summed E-state index contributed by atoms with van der Waals surface area (Å²) in [6, 6.07) is 14.0. The van der Waals surface area contributed by atoms with Crippen LogP contribution in [-0.2, 0) is 16.2 Å². The van der Waals surface area contributed by atoms with E-state index in [-0.39, 0.29) is 29.2 Å². The van der Waals surface area contributed by atoms with Crippen LogP contribution in [-0.4, -0.2) is 40.6 Å². The Hall–Kier alpha value is -4.64. The molecule has 194 valence electrons. The smallest absolute Gasteiger partial charge is 0.335 e. The van der Waals surface area contributed by atoms with Crippen LogP contribution in [0, 0.1) is 0 Å². The van der Waals surface area contributed by atoms with Crippen molar-refractivity contribution in [3.05, 3.63) is 87.4 Å². The Morgan fingerprint density at radius 3 is 2.34 bits per heavy atom. The van der Waals surface area contributed by atoms with Crippen LogP contribution < -0.4 is 19.7 Å². The number of carbonyl (C=O) groups excluding carboxylic acids is 3. The van der Waals surface area contributed by atoms with E-state index in [4.69, 9.17) is 14.6 Å². The lowest BCUT2D eigenvalue weighted by atomic mass is 10.1. The third-order valence-corrected chi connectivity index (χ3v) is 6.03. The van der Waals surface area contributed by atoms with Gasteiger partial charge in [0.05, 0.1) is 22.3 Å². The van der Waals surface area contributed by atoms with Gasteiger partial charge >= 0.3 is 12.0 Å². The standard InChI is InChI=1S/C27H21BrN2O8/c1-2-37-22-13-16(12-21(28)23(22)38-14-15-3-5-17(6-4-15)26(34)35)11-20-24(32)29-27(36)30(25(20)33)18-7-9-19(31)10-8-18/h3-13,31H,2,14H2,1H3,(H,34,35)(H,29,32,36)/b20-11+. The van der Waals surface area contributed by atoms with Gasteiger partial charge in [-0.1, -0.05) is 12.1 Å². The summed E-state index contributed by atoms with van der Waals surface area (Å²) in [7, 11) is 0. The molecule has 0 aliphatic carbocycles. The molecule has 3 aromatic carbocycles. The number of imide groups is 2. The summed E-state index contributed by atoms with van der Waals surface area (Å²) in [5, 5.41) is 20.7. The topological polar surface area (TPSA) is 142 Å². The Balaban J connectivity index is 1.62. The molecule has 1 heterocycles. The summed E-state index contributed by atoms with van der Waals surface area (Å²) in [4.78, 5) is 49.9. The van der Waals surface area contributed by atoms with Crippen LogP contribution in [0.4, 0.5) is 10.5 Å². The van der Waals surface area contributed by atoms with Crippen molar-refractivity contribution >= 4 is 51.5 Å². The third-order valence-electron chi connectivity index (χ3n) is 5.44. The van der Waals surface area contributed by atoms with E-state index in [2.05, 4.69) is 21.2 Å². The van der Waals surface area contributed by atoms with Crippen LogP contribution >= 0.6 is 15.9 Å². The summed E-state index contributed by atoms with van der Waals surface area (Å²) >= 11 is 3.45. The number of hydrogen-bond acceptors (Lipinski definition) is 7. The molecule has 0 atom stereocenters. The molecule has 1 fully saturated rings. The third kappa shape index (κ3) is 5.68. The second-order valence-electron chi connectivity index (χ2n) is 8.03. The van der Waals surface area contributed by atoms with Crippen molar-refractivity contribution in [2.75, 3.05) is 11.5 Å². The maximum atomic E-state index is 13.1. The van der Waals surface area contributed by atoms with Crippen LogP contribution in [0.15, 0.2) is 70.7 Å². The number of benzene rings is 3. The first-order valence-corrected chi connectivity index (χ1v) is 12.1. The minimum absolute atomic E-state index is 0.0432. The van der Waals surface area contributed by atoms with E-state index >= 15 is 0 Å². The number of amides is 4. The van der Waals surface area contributed by atoms with E-state index < -0.39 is 23.8 Å². The number of phenols is 1. The fourth-order valence-electron chi connectivity index (χ4n) is 3.63. The van der Waals surface area contributed by atoms with Gasteiger partial charge in [0.2, 0.25) is 0 Å². The number of nitrogens with one attached hydrogen (secondary N) is 1. The number of halogens is 1. The number of carboxylic acids is 1. The molecule has 0 bridgehead atoms. The van der Waals surface area contributed by atoms with E-state index in [1.54, 1.807) is 31.2 Å². The first-order valence-electron chi connectivity index (χ1n) is 11.3. The molecule has 0 radical (unpaired) electrons. The Labute approximate surface area is 225 Å². The van der Waals surface area contributed by atoms with E-state index in [9.17, 15) is 24.3 Å². The van der Waals surface area contributed by atoms with Crippen molar-refractivity contribution in [3.8, 4) is 17.2 Å². The highest BCUT2D eigenvalue weighted by molar-refractivity contribution is 9.10. The van der Waals surface area contributed by atoms with Crippen LogP contribution in [0.25, 0.3) is 6.08 Å². The number of phenolic OH excluding ortho intramolecular Hbond substituents is 1. The number of barbiturate groups is 1. The monoisotopic (exact) mass is 580 g/mol. The maximum absolute atomic E-state index is 13.1. The number of hydrogen-bond donors (Lipinski definition) is 3. The summed E-state index contributed by atoms with van der Waals surface area (Å²) in [5.41, 5.74) is 1.23. The number of ether oxygens (including phenoxy) is 2. The molecule has 3 N–H and O–H groups in total. The van der Waals surface area contributed by atoms with Gasteiger partial charge in [-0.25, -0.2) is 14.5 Å². The number of rotatable bonds is 8. The molecule has 4 amide bonds. The zero-order valence-electron chi connectivity index (χ0n) is 19.9. The fraction of sp³-hybridized carbons (Fsp3) is 0.111. The molecule has 10 nitrogen and oxygen atoms in total. The van der Waals surface area contributed by atoms with Gasteiger partial charge in [-0.2, -0.15) is 0 Å². The summed E-state index contributed by atoms with van der Waals surface area (Å²) in [5.74, 6) is -2.04. The Morgan fingerprint density at radius 2 is 1.71 bits per heavy atom. The summed E-state index contributed by atoms with van der Waals surface area (Å²) < 4.78 is 12.1. The largest absolute Gasteiger partial charge is 0.508 e. The molecule has 38 heavy (non-hydrogen) atoms. The number of aromatic carboxylic acids is 1. The number of anilines is 1. The molecular weight excluding hydrogens is 560 g/mol. The zero-order valence-corrected chi connectivity index (χ0v) is 21.5. The molecule has 1 saturated heterocycles. The first-order chi connectivity index (χ1) is 18.2. The lowest BCUT2D eigenvalue weighted by Crippen LogP contribution is -2.54. The van der Waals surface area contributed by atoms with Gasteiger partial charge in [0.25, 0.3) is 11.8 Å². The van der Waals surface area contributed by atoms with Gasteiger partial charge in [-0.15, -0.1) is 0 Å². The Morgan fingerprint density at radius 1 is 1.03 bits per heavy atom. The van der Waals surface area contributed by atoms with Crippen molar-refractivity contribution in [1.82, 2.24) is 5.32 Å². The van der Waals surface area contributed by atoms with Gasteiger partial charge in [0.1, 0.15) is 17.9 Å². The lowest BCUT2D eigenvalue weighted by Gasteiger charge is -2.26. The highest BCUT2D eigenvalue weighted by Crippen LogP contribution is 2.38. The van der Waals surface area contributed by atoms with Crippen LogP contribution in [0.5, 0.6) is 17.2 Å². The van der Waals surface area contributed by atoms with Gasteiger partial charge in [0, 0.05) is 0 Å². The fourth-order valence-corrected chi connectivity index (χ4v) is 4.21. The number of urea groups is 1. The Bertz CT molecular complexity index is 1450. The quantitative estimate of drug-likeness (QED) is 0.261. The van der Waals surface area contributed by atoms with Crippen LogP contribution in [0.2, 0.25) is 0 Å². The first kappa shape index (κ1) is 26.4. The predicted octanol–water partition coefficient (Wildman–Crippen LogP) is 4.50. The zero-order chi connectivity index (χ0) is 27.4. The molecule has 0 spiro atoms. The average molecular weight is 581 g/mol. The van der Waals surface area contributed by atoms with Crippen LogP contribution in [0.1, 0.15) is 28.4 Å². The predicted molar refractivity (Wildman–Crippen MR) is 140 cm³/mol. The lowest BCUT2D eigenvalue weighted by molar-refractivity contribution is -0.122. The van der Waals surface area contributed by atoms with E-state index in [1.165, 1.54) is 42.5 Å². The molecular formula is C27H21BrN2O8. The van der Waals surface area contributed by atoms with E-state index in [1.807, 2.05) is 0 Å². The van der Waals surface area contributed by atoms with Crippen LogP contribution in [0.3, 0.4) is 0 Å². The van der Waals surface area contributed by atoms with E-state index in [0.29, 0.717) is 28.1 Å². The van der Waals surface area contributed by atoms with Crippen molar-refractivity contribution in [1.29, 1.82) is 0 Å². The summed E-state index contributed by atoms with van der Waals surface area (Å²) in [6.45, 7) is 2.22. The molecule has 0 unspecified atom stereocenters. The highest BCUT2D eigenvalue weighted by atomic mass is 79.9. The van der Waals surface area contributed by atoms with Gasteiger partial charge in [-0.3, -0.25) is 14.9 Å². The second kappa shape index (κ2) is 11.2. The van der Waals surface area contributed by atoms with E-state index in [0.717, 1.165) is 10.5 Å². The number of carboxylic acid groups (broad SMARTS) is 1. The number of carbonyl (C=O) groups is 4. The molecule has 11 heteroatoms. The molecule has 1 aliphatic heterocycles.